The molecule has 1 unspecified atom stereocenters. The van der Waals surface area contributed by atoms with Crippen molar-refractivity contribution in [3.63, 3.8) is 0 Å². The minimum atomic E-state index is -0.939. The zero-order valence-corrected chi connectivity index (χ0v) is 16.9. The quantitative estimate of drug-likeness (QED) is 0.799. The lowest BCUT2D eigenvalue weighted by Crippen LogP contribution is -2.51. The summed E-state index contributed by atoms with van der Waals surface area (Å²) in [4.78, 5) is 41.0. The maximum Gasteiger partial charge on any atom is 0.326 e. The molecule has 0 saturated carbocycles. The number of hydrogen-bond donors (Lipinski definition) is 1. The van der Waals surface area contributed by atoms with Crippen LogP contribution in [0.1, 0.15) is 41.5 Å². The third-order valence-electron chi connectivity index (χ3n) is 4.02. The molecule has 0 spiro atoms. The van der Waals surface area contributed by atoms with E-state index in [-0.39, 0.29) is 19.0 Å². The standard InChI is InChI=1S/C20H29N3O4/c1-19(2,3)18(26)23-11-13(21)17(25)22(12-16(24)27-20(4,5)6)14-9-7-8-10-15(14)23/h7-10,13H,11-12,21H2,1-6H3. The lowest BCUT2D eigenvalue weighted by atomic mass is 9.94. The molecule has 1 aliphatic heterocycles. The van der Waals surface area contributed by atoms with Crippen molar-refractivity contribution in [1.82, 2.24) is 0 Å². The highest BCUT2D eigenvalue weighted by molar-refractivity contribution is 6.09. The topological polar surface area (TPSA) is 92.9 Å². The van der Waals surface area contributed by atoms with Crippen molar-refractivity contribution in [3.05, 3.63) is 24.3 Å². The monoisotopic (exact) mass is 375 g/mol. The van der Waals surface area contributed by atoms with Gasteiger partial charge in [0, 0.05) is 5.41 Å². The Labute approximate surface area is 160 Å². The zero-order valence-electron chi connectivity index (χ0n) is 16.9. The maximum atomic E-state index is 13.0. The van der Waals surface area contributed by atoms with Crippen LogP contribution in [-0.4, -0.2) is 42.5 Å². The summed E-state index contributed by atoms with van der Waals surface area (Å²) < 4.78 is 5.35. The molecule has 0 radical (unpaired) electrons. The van der Waals surface area contributed by atoms with Gasteiger partial charge in [-0.3, -0.25) is 19.3 Å². The van der Waals surface area contributed by atoms with Gasteiger partial charge in [0.1, 0.15) is 18.2 Å². The number of carbonyl (C=O) groups is 3. The molecule has 2 amide bonds. The van der Waals surface area contributed by atoms with Gasteiger partial charge in [-0.15, -0.1) is 0 Å². The SMILES string of the molecule is CC(C)(C)OC(=O)CN1C(=O)C(N)CN(C(=O)C(C)(C)C)c2ccccc21. The van der Waals surface area contributed by atoms with Crippen LogP contribution in [0.5, 0.6) is 0 Å². The molecule has 2 N–H and O–H groups in total. The number of fused-ring (bicyclic) bond motifs is 1. The first-order valence-electron chi connectivity index (χ1n) is 9.01. The highest BCUT2D eigenvalue weighted by Gasteiger charge is 2.38. The third-order valence-corrected chi connectivity index (χ3v) is 4.02. The fourth-order valence-electron chi connectivity index (χ4n) is 2.88. The largest absolute Gasteiger partial charge is 0.459 e. The van der Waals surface area contributed by atoms with Crippen molar-refractivity contribution in [1.29, 1.82) is 0 Å². The van der Waals surface area contributed by atoms with Crippen LogP contribution in [0.2, 0.25) is 0 Å². The summed E-state index contributed by atoms with van der Waals surface area (Å²) in [5.74, 6) is -1.09. The van der Waals surface area contributed by atoms with Crippen molar-refractivity contribution >= 4 is 29.2 Å². The second-order valence-electron chi connectivity index (χ2n) is 8.77. The van der Waals surface area contributed by atoms with Crippen molar-refractivity contribution in [2.75, 3.05) is 22.9 Å². The summed E-state index contributed by atoms with van der Waals surface area (Å²) in [6, 6.07) is 6.07. The van der Waals surface area contributed by atoms with E-state index in [4.69, 9.17) is 10.5 Å². The highest BCUT2D eigenvalue weighted by Crippen LogP contribution is 2.35. The van der Waals surface area contributed by atoms with Gasteiger partial charge in [-0.1, -0.05) is 32.9 Å². The average molecular weight is 375 g/mol. The number of benzene rings is 1. The molecule has 0 aromatic heterocycles. The number of nitrogens with zero attached hydrogens (tertiary/aromatic N) is 2. The van der Waals surface area contributed by atoms with Gasteiger partial charge in [0.25, 0.3) is 0 Å². The number of carbonyl (C=O) groups excluding carboxylic acids is 3. The minimum absolute atomic E-state index is 0.0523. The predicted octanol–water partition coefficient (Wildman–Crippen LogP) is 2.08. The molecule has 0 saturated heterocycles. The van der Waals surface area contributed by atoms with Crippen LogP contribution in [-0.2, 0) is 19.1 Å². The predicted molar refractivity (Wildman–Crippen MR) is 104 cm³/mol. The molecule has 2 rings (SSSR count). The molecule has 7 heteroatoms. The lowest BCUT2D eigenvalue weighted by molar-refractivity contribution is -0.153. The fraction of sp³-hybridized carbons (Fsp3) is 0.550. The Hall–Kier alpha value is -2.41. The fourth-order valence-corrected chi connectivity index (χ4v) is 2.88. The molecule has 1 atom stereocenters. The summed E-state index contributed by atoms with van der Waals surface area (Å²) in [5.41, 5.74) is 5.81. The van der Waals surface area contributed by atoms with Gasteiger partial charge in [-0.05, 0) is 32.9 Å². The number of amides is 2. The van der Waals surface area contributed by atoms with E-state index in [1.807, 2.05) is 20.8 Å². The van der Waals surface area contributed by atoms with Crippen LogP contribution in [0.15, 0.2) is 24.3 Å². The molecule has 1 aromatic carbocycles. The van der Waals surface area contributed by atoms with E-state index in [1.54, 1.807) is 45.0 Å². The van der Waals surface area contributed by atoms with Gasteiger partial charge in [0.05, 0.1) is 17.9 Å². The van der Waals surface area contributed by atoms with Gasteiger partial charge >= 0.3 is 5.97 Å². The Morgan fingerprint density at radius 3 is 2.19 bits per heavy atom. The van der Waals surface area contributed by atoms with Gasteiger partial charge in [0.15, 0.2) is 0 Å². The van der Waals surface area contributed by atoms with Crippen LogP contribution in [0.25, 0.3) is 0 Å². The molecule has 0 fully saturated rings. The molecule has 0 bridgehead atoms. The van der Waals surface area contributed by atoms with Crippen LogP contribution < -0.4 is 15.5 Å². The van der Waals surface area contributed by atoms with E-state index in [0.29, 0.717) is 11.4 Å². The van der Waals surface area contributed by atoms with Crippen molar-refractivity contribution in [2.45, 2.75) is 53.2 Å². The van der Waals surface area contributed by atoms with E-state index in [0.717, 1.165) is 0 Å². The summed E-state index contributed by atoms with van der Waals surface area (Å²) in [6.07, 6.45) is 0. The van der Waals surface area contributed by atoms with Gasteiger partial charge in [0.2, 0.25) is 11.8 Å². The summed E-state index contributed by atoms with van der Waals surface area (Å²) in [7, 11) is 0. The zero-order chi connectivity index (χ0) is 20.6. The molecule has 27 heavy (non-hydrogen) atoms. The molecule has 1 aromatic rings. The summed E-state index contributed by atoms with van der Waals surface area (Å²) in [5, 5.41) is 0. The van der Waals surface area contributed by atoms with Crippen molar-refractivity contribution in [2.24, 2.45) is 11.1 Å². The van der Waals surface area contributed by atoms with E-state index in [1.165, 1.54) is 9.80 Å². The van der Waals surface area contributed by atoms with Crippen molar-refractivity contribution in [3.8, 4) is 0 Å². The molecule has 0 aliphatic carbocycles. The number of anilines is 2. The van der Waals surface area contributed by atoms with Crippen LogP contribution in [0.4, 0.5) is 11.4 Å². The van der Waals surface area contributed by atoms with E-state index >= 15 is 0 Å². The van der Waals surface area contributed by atoms with Gasteiger partial charge < -0.3 is 15.4 Å². The van der Waals surface area contributed by atoms with Crippen LogP contribution >= 0.6 is 0 Å². The molecule has 1 heterocycles. The molecular weight excluding hydrogens is 346 g/mol. The van der Waals surface area contributed by atoms with E-state index in [9.17, 15) is 14.4 Å². The molecule has 148 valence electrons. The first-order valence-corrected chi connectivity index (χ1v) is 9.01. The summed E-state index contributed by atoms with van der Waals surface area (Å²) >= 11 is 0. The average Bonchev–Trinajstić information content (AvgIpc) is 2.62. The highest BCUT2D eigenvalue weighted by atomic mass is 16.6. The van der Waals surface area contributed by atoms with Crippen LogP contribution in [0, 0.1) is 5.41 Å². The third kappa shape index (κ3) is 4.86. The molecule has 1 aliphatic rings. The van der Waals surface area contributed by atoms with Gasteiger partial charge in [-0.2, -0.15) is 0 Å². The molecular formula is C20H29N3O4. The number of ether oxygens (including phenoxy) is 1. The van der Waals surface area contributed by atoms with Crippen LogP contribution in [0.3, 0.4) is 0 Å². The lowest BCUT2D eigenvalue weighted by Gasteiger charge is -2.30. The second kappa shape index (κ2) is 7.31. The number of esters is 1. The van der Waals surface area contributed by atoms with E-state index < -0.39 is 28.9 Å². The Morgan fingerprint density at radius 2 is 1.67 bits per heavy atom. The van der Waals surface area contributed by atoms with Crippen molar-refractivity contribution < 1.29 is 19.1 Å². The molecule has 7 nitrogen and oxygen atoms in total. The normalized spacial score (nSPS) is 18.0. The maximum absolute atomic E-state index is 13.0. The second-order valence-corrected chi connectivity index (χ2v) is 8.77. The number of rotatable bonds is 2. The smallest absolute Gasteiger partial charge is 0.326 e. The van der Waals surface area contributed by atoms with Gasteiger partial charge in [-0.25, -0.2) is 0 Å². The first-order chi connectivity index (χ1) is 12.3. The van der Waals surface area contributed by atoms with E-state index in [2.05, 4.69) is 0 Å². The minimum Gasteiger partial charge on any atom is -0.459 e. The Morgan fingerprint density at radius 1 is 1.11 bits per heavy atom. The number of hydrogen-bond acceptors (Lipinski definition) is 5. The Kier molecular flexibility index (Phi) is 5.65. The Balaban J connectivity index is 2.46. The number of para-hydroxylation sites is 2. The Bertz CT molecular complexity index is 746. The first kappa shape index (κ1) is 20.9. The summed E-state index contributed by atoms with van der Waals surface area (Å²) in [6.45, 7) is 10.5. The number of nitrogens with two attached hydrogens (primary N) is 1.